The van der Waals surface area contributed by atoms with E-state index in [4.69, 9.17) is 8.37 Å². The third-order valence-corrected chi connectivity index (χ3v) is 5.47. The van der Waals surface area contributed by atoms with E-state index >= 15 is 0 Å². The van der Waals surface area contributed by atoms with Crippen molar-refractivity contribution in [2.24, 2.45) is 23.7 Å². The van der Waals surface area contributed by atoms with Crippen LogP contribution >= 0.6 is 0 Å². The predicted molar refractivity (Wildman–Crippen MR) is 85.3 cm³/mol. The van der Waals surface area contributed by atoms with Gasteiger partial charge in [0.05, 0.1) is 24.7 Å². The van der Waals surface area contributed by atoms with Crippen molar-refractivity contribution < 1.29 is 25.2 Å². The summed E-state index contributed by atoms with van der Waals surface area (Å²) >= 11 is 0. The first kappa shape index (κ1) is 19.9. The Morgan fingerprint density at radius 2 is 1.00 bits per heavy atom. The molecule has 6 nitrogen and oxygen atoms in total. The third kappa shape index (κ3) is 6.14. The number of hydrogen-bond acceptors (Lipinski definition) is 6. The highest BCUT2D eigenvalue weighted by Gasteiger charge is 2.43. The van der Waals surface area contributed by atoms with Gasteiger partial charge in [0.25, 0.3) is 20.2 Å². The highest BCUT2D eigenvalue weighted by Crippen LogP contribution is 2.41. The maximum Gasteiger partial charge on any atom is 0.264 e. The van der Waals surface area contributed by atoms with Gasteiger partial charge in [0.2, 0.25) is 0 Å². The second-order valence-corrected chi connectivity index (χ2v) is 10.2. The van der Waals surface area contributed by atoms with Crippen LogP contribution in [0, 0.1) is 23.7 Å². The topological polar surface area (TPSA) is 86.7 Å². The van der Waals surface area contributed by atoms with E-state index in [0.717, 1.165) is 12.5 Å². The minimum atomic E-state index is -3.55. The van der Waals surface area contributed by atoms with E-state index in [2.05, 4.69) is 0 Å². The molecule has 0 unspecified atom stereocenters. The molecule has 1 aliphatic rings. The van der Waals surface area contributed by atoms with Crippen LogP contribution < -0.4 is 0 Å². The minimum absolute atomic E-state index is 0.0588. The molecule has 0 aromatic rings. The first-order chi connectivity index (χ1) is 9.80. The molecule has 0 aliphatic heterocycles. The molecule has 0 amide bonds. The smallest absolute Gasteiger partial charge is 0.264 e. The fraction of sp³-hybridized carbons (Fsp3) is 1.00. The van der Waals surface area contributed by atoms with Gasteiger partial charge in [0.15, 0.2) is 0 Å². The third-order valence-electron chi connectivity index (χ3n) is 4.27. The Kier molecular flexibility index (Phi) is 6.46. The normalized spacial score (nSPS) is 30.9. The van der Waals surface area contributed by atoms with Crippen LogP contribution in [0.1, 0.15) is 40.5 Å². The van der Waals surface area contributed by atoms with Gasteiger partial charge in [0, 0.05) is 0 Å². The van der Waals surface area contributed by atoms with E-state index < -0.39 is 32.4 Å². The lowest BCUT2D eigenvalue weighted by Crippen LogP contribution is -2.46. The molecule has 0 heterocycles. The Bertz CT molecular complexity index is 512. The van der Waals surface area contributed by atoms with E-state index in [-0.39, 0.29) is 23.7 Å². The van der Waals surface area contributed by atoms with Crippen LogP contribution in [0.4, 0.5) is 0 Å². The van der Waals surface area contributed by atoms with Crippen LogP contribution in [0.2, 0.25) is 0 Å². The molecule has 0 aromatic heterocycles. The highest BCUT2D eigenvalue weighted by atomic mass is 32.2. The summed E-state index contributed by atoms with van der Waals surface area (Å²) < 4.78 is 56.6. The Morgan fingerprint density at radius 1 is 0.727 bits per heavy atom. The molecule has 132 valence electrons. The van der Waals surface area contributed by atoms with Crippen molar-refractivity contribution in [1.29, 1.82) is 0 Å². The first-order valence-electron chi connectivity index (χ1n) is 7.56. The van der Waals surface area contributed by atoms with Crippen LogP contribution in [0.15, 0.2) is 0 Å². The summed E-state index contributed by atoms with van der Waals surface area (Å²) in [6.45, 7) is 7.93. The molecule has 0 aromatic carbocycles. The number of hydrogen-bond donors (Lipinski definition) is 0. The van der Waals surface area contributed by atoms with Crippen LogP contribution in [0.25, 0.3) is 0 Å². The molecule has 0 N–H and O–H groups in total. The molecule has 4 atom stereocenters. The molecule has 1 saturated carbocycles. The minimum Gasteiger partial charge on any atom is -0.267 e. The molecule has 0 spiro atoms. The van der Waals surface area contributed by atoms with Crippen molar-refractivity contribution in [2.75, 3.05) is 12.5 Å². The molecule has 1 fully saturated rings. The van der Waals surface area contributed by atoms with Crippen molar-refractivity contribution >= 4 is 20.2 Å². The van der Waals surface area contributed by atoms with E-state index in [1.807, 2.05) is 27.7 Å². The van der Waals surface area contributed by atoms with E-state index in [1.165, 1.54) is 0 Å². The summed E-state index contributed by atoms with van der Waals surface area (Å²) in [7, 11) is -7.10. The molecule has 8 heteroatoms. The van der Waals surface area contributed by atoms with Gasteiger partial charge in [-0.2, -0.15) is 16.8 Å². The van der Waals surface area contributed by atoms with Gasteiger partial charge in [-0.3, -0.25) is 8.37 Å². The van der Waals surface area contributed by atoms with Crippen molar-refractivity contribution in [1.82, 2.24) is 0 Å². The van der Waals surface area contributed by atoms with Gasteiger partial charge < -0.3 is 0 Å². The molecule has 22 heavy (non-hydrogen) atoms. The average molecular weight is 357 g/mol. The Labute approximate surface area is 134 Å². The van der Waals surface area contributed by atoms with Crippen LogP contribution in [-0.4, -0.2) is 41.6 Å². The molecule has 0 saturated heterocycles. The lowest BCUT2D eigenvalue weighted by atomic mass is 9.70. The molecular formula is C14H28O6S2. The van der Waals surface area contributed by atoms with Crippen LogP contribution in [0.5, 0.6) is 0 Å². The highest BCUT2D eigenvalue weighted by molar-refractivity contribution is 7.86. The summed E-state index contributed by atoms with van der Waals surface area (Å²) in [5.41, 5.74) is 0. The maximum absolute atomic E-state index is 11.5. The lowest BCUT2D eigenvalue weighted by Gasteiger charge is -2.43. The SMILES string of the molecule is CC(C)[C@H]1C[C@H](OS(C)(=O)=O)[C@@H](C(C)C)C[C@@H]1OS(C)(=O)=O. The Morgan fingerprint density at radius 3 is 1.18 bits per heavy atom. The van der Waals surface area contributed by atoms with Gasteiger partial charge in [-0.1, -0.05) is 27.7 Å². The van der Waals surface area contributed by atoms with Crippen molar-refractivity contribution in [3.05, 3.63) is 0 Å². The largest absolute Gasteiger partial charge is 0.267 e. The summed E-state index contributed by atoms with van der Waals surface area (Å²) in [5, 5.41) is 0. The first-order valence-corrected chi connectivity index (χ1v) is 11.2. The lowest BCUT2D eigenvalue weighted by molar-refractivity contribution is -0.0331. The van der Waals surface area contributed by atoms with E-state index in [0.29, 0.717) is 12.8 Å². The Balaban J connectivity index is 3.06. The van der Waals surface area contributed by atoms with Gasteiger partial charge in [-0.15, -0.1) is 0 Å². The fourth-order valence-electron chi connectivity index (χ4n) is 3.26. The van der Waals surface area contributed by atoms with Gasteiger partial charge in [0.1, 0.15) is 0 Å². The second-order valence-electron chi connectivity index (χ2n) is 6.96. The zero-order chi connectivity index (χ0) is 17.3. The fourth-order valence-corrected chi connectivity index (χ4v) is 4.60. The summed E-state index contributed by atoms with van der Waals surface area (Å²) in [5.74, 6) is 0.226. The van der Waals surface area contributed by atoms with Crippen molar-refractivity contribution in [2.45, 2.75) is 52.7 Å². The molecule has 1 rings (SSSR count). The van der Waals surface area contributed by atoms with E-state index in [1.54, 1.807) is 0 Å². The molecule has 1 aliphatic carbocycles. The number of rotatable bonds is 6. The monoisotopic (exact) mass is 356 g/mol. The summed E-state index contributed by atoms with van der Waals surface area (Å²) in [4.78, 5) is 0. The quantitative estimate of drug-likeness (QED) is 0.677. The molecule has 0 radical (unpaired) electrons. The molecule has 0 bridgehead atoms. The predicted octanol–water partition coefficient (Wildman–Crippen LogP) is 2.01. The van der Waals surface area contributed by atoms with Crippen molar-refractivity contribution in [3.63, 3.8) is 0 Å². The van der Waals surface area contributed by atoms with E-state index in [9.17, 15) is 16.8 Å². The van der Waals surface area contributed by atoms with Crippen molar-refractivity contribution in [3.8, 4) is 0 Å². The second kappa shape index (κ2) is 7.15. The zero-order valence-corrected chi connectivity index (χ0v) is 15.8. The summed E-state index contributed by atoms with van der Waals surface area (Å²) in [6.07, 6.45) is 2.20. The van der Waals surface area contributed by atoms with Crippen LogP contribution in [0.3, 0.4) is 0 Å². The standard InChI is InChI=1S/C14H28O6S2/c1-9(2)11-7-14(20-22(6,17)18)12(10(3)4)8-13(11)19-21(5,15)16/h9-14H,7-8H2,1-6H3/t11-,12-,13+,14+/m1/s1. The average Bonchev–Trinajstić information content (AvgIpc) is 2.25. The van der Waals surface area contributed by atoms with Crippen LogP contribution in [-0.2, 0) is 28.6 Å². The Hall–Kier alpha value is -0.180. The maximum atomic E-state index is 11.5. The molecular weight excluding hydrogens is 328 g/mol. The van der Waals surface area contributed by atoms with Gasteiger partial charge in [-0.25, -0.2) is 0 Å². The summed E-state index contributed by atoms with van der Waals surface area (Å²) in [6, 6.07) is 0. The zero-order valence-electron chi connectivity index (χ0n) is 14.1. The van der Waals surface area contributed by atoms with Gasteiger partial charge >= 0.3 is 0 Å². The van der Waals surface area contributed by atoms with Gasteiger partial charge in [-0.05, 0) is 36.5 Å².